The fourth-order valence-corrected chi connectivity index (χ4v) is 0.246. The van der Waals surface area contributed by atoms with Crippen LogP contribution in [0.15, 0.2) is 5.10 Å². The van der Waals surface area contributed by atoms with E-state index in [1.165, 1.54) is 6.21 Å². The molecular formula is C5H8N4O. The van der Waals surface area contributed by atoms with Gasteiger partial charge in [0.2, 0.25) is 0 Å². The fourth-order valence-electron chi connectivity index (χ4n) is 0.246. The van der Waals surface area contributed by atoms with Gasteiger partial charge in [0.05, 0.1) is 12.0 Å². The average molecular weight is 140 g/mol. The summed E-state index contributed by atoms with van der Waals surface area (Å²) >= 11 is 0. The lowest BCUT2D eigenvalue weighted by molar-refractivity contribution is 0.249. The number of nitrogens with one attached hydrogen (secondary N) is 1. The van der Waals surface area contributed by atoms with E-state index < -0.39 is 6.03 Å². The summed E-state index contributed by atoms with van der Waals surface area (Å²) in [4.78, 5) is 9.98. The number of carbonyl (C=O) groups excluding carboxylic acids is 1. The van der Waals surface area contributed by atoms with Gasteiger partial charge >= 0.3 is 6.03 Å². The number of hydrazone groups is 1. The Labute approximate surface area is 58.5 Å². The summed E-state index contributed by atoms with van der Waals surface area (Å²) in [5.41, 5.74) is 6.64. The summed E-state index contributed by atoms with van der Waals surface area (Å²) in [5, 5.41) is 11.6. The van der Waals surface area contributed by atoms with Crippen LogP contribution < -0.4 is 11.2 Å². The number of rotatable bonds is 2. The topological polar surface area (TPSA) is 91.3 Å². The van der Waals surface area contributed by atoms with Crippen LogP contribution in [0.5, 0.6) is 0 Å². The van der Waals surface area contributed by atoms with Crippen molar-refractivity contribution in [2.24, 2.45) is 16.8 Å². The van der Waals surface area contributed by atoms with Crippen molar-refractivity contribution in [2.45, 2.75) is 6.92 Å². The summed E-state index contributed by atoms with van der Waals surface area (Å²) < 4.78 is 0. The van der Waals surface area contributed by atoms with Crippen LogP contribution in [0.4, 0.5) is 4.79 Å². The lowest BCUT2D eigenvalue weighted by Gasteiger charge is -1.90. The summed E-state index contributed by atoms with van der Waals surface area (Å²) in [7, 11) is 0. The van der Waals surface area contributed by atoms with E-state index in [9.17, 15) is 4.79 Å². The third kappa shape index (κ3) is 4.59. The lowest BCUT2D eigenvalue weighted by Crippen LogP contribution is -2.24. The predicted octanol–water partition coefficient (Wildman–Crippen LogP) is -0.200. The average Bonchev–Trinajstić information content (AvgIpc) is 1.87. The minimum absolute atomic E-state index is 0.313. The first-order valence-corrected chi connectivity index (χ1v) is 2.65. The van der Waals surface area contributed by atoms with E-state index in [1.807, 2.05) is 11.5 Å². The molecule has 0 aromatic rings. The molecule has 0 radical (unpaired) electrons. The van der Waals surface area contributed by atoms with Gasteiger partial charge in [0.25, 0.3) is 0 Å². The molecule has 10 heavy (non-hydrogen) atoms. The molecule has 0 heterocycles. The number of hydrogen-bond acceptors (Lipinski definition) is 3. The quantitative estimate of drug-likeness (QED) is 0.410. The third-order valence-electron chi connectivity index (χ3n) is 0.677. The second kappa shape index (κ2) is 4.32. The minimum Gasteiger partial charge on any atom is -0.350 e. The van der Waals surface area contributed by atoms with Gasteiger partial charge in [-0.1, -0.05) is 0 Å². The van der Waals surface area contributed by atoms with Crippen molar-refractivity contribution in [3.05, 3.63) is 0 Å². The molecule has 2 amide bonds. The van der Waals surface area contributed by atoms with Gasteiger partial charge in [-0.25, -0.2) is 10.2 Å². The number of nitrogens with zero attached hydrogens (tertiary/aromatic N) is 2. The lowest BCUT2D eigenvalue weighted by atomic mass is 10.2. The maximum absolute atomic E-state index is 9.98. The van der Waals surface area contributed by atoms with Crippen molar-refractivity contribution in [2.75, 3.05) is 0 Å². The second-order valence-electron chi connectivity index (χ2n) is 1.67. The first kappa shape index (κ1) is 8.43. The molecule has 0 aromatic heterocycles. The predicted molar refractivity (Wildman–Crippen MR) is 36.0 cm³/mol. The van der Waals surface area contributed by atoms with Gasteiger partial charge < -0.3 is 5.73 Å². The molecule has 54 valence electrons. The highest BCUT2D eigenvalue weighted by Gasteiger charge is 1.91. The van der Waals surface area contributed by atoms with Gasteiger partial charge in [-0.05, 0) is 6.92 Å². The highest BCUT2D eigenvalue weighted by Crippen LogP contribution is 1.82. The maximum Gasteiger partial charge on any atom is 0.332 e. The number of urea groups is 1. The van der Waals surface area contributed by atoms with Gasteiger partial charge in [0.15, 0.2) is 0 Å². The van der Waals surface area contributed by atoms with E-state index in [0.717, 1.165) is 0 Å². The highest BCUT2D eigenvalue weighted by atomic mass is 16.2. The van der Waals surface area contributed by atoms with Crippen molar-refractivity contribution >= 4 is 12.2 Å². The van der Waals surface area contributed by atoms with E-state index in [0.29, 0.717) is 0 Å². The molecule has 1 atom stereocenters. The molecule has 3 N–H and O–H groups in total. The van der Waals surface area contributed by atoms with Crippen molar-refractivity contribution in [3.8, 4) is 6.07 Å². The van der Waals surface area contributed by atoms with Crippen molar-refractivity contribution in [1.29, 1.82) is 5.26 Å². The molecule has 5 nitrogen and oxygen atoms in total. The van der Waals surface area contributed by atoms with Crippen LogP contribution in [0.25, 0.3) is 0 Å². The number of hydrogen-bond donors (Lipinski definition) is 2. The minimum atomic E-state index is -0.735. The zero-order valence-electron chi connectivity index (χ0n) is 5.53. The smallest absolute Gasteiger partial charge is 0.332 e. The molecule has 5 heteroatoms. The Balaban J connectivity index is 3.58. The SMILES string of the molecule is CC(C#N)C=NNC(N)=O. The molecule has 0 bridgehead atoms. The van der Waals surface area contributed by atoms with Crippen LogP contribution in [0.3, 0.4) is 0 Å². The molecule has 0 saturated heterocycles. The van der Waals surface area contributed by atoms with E-state index >= 15 is 0 Å². The van der Waals surface area contributed by atoms with E-state index in [2.05, 4.69) is 10.8 Å². The Hall–Kier alpha value is -1.57. The molecule has 0 fully saturated rings. The summed E-state index contributed by atoms with van der Waals surface area (Å²) in [6.45, 7) is 1.65. The Morgan fingerprint density at radius 2 is 2.60 bits per heavy atom. The Kier molecular flexibility index (Phi) is 3.64. The number of carbonyl (C=O) groups is 1. The van der Waals surface area contributed by atoms with Gasteiger partial charge in [-0.3, -0.25) is 0 Å². The summed E-state index contributed by atoms with van der Waals surface area (Å²) in [6.07, 6.45) is 1.30. The molecule has 0 rings (SSSR count). The van der Waals surface area contributed by atoms with E-state index in [4.69, 9.17) is 5.26 Å². The first-order valence-electron chi connectivity index (χ1n) is 2.65. The summed E-state index contributed by atoms with van der Waals surface area (Å²) in [6, 6.07) is 1.16. The molecule has 0 aliphatic heterocycles. The Morgan fingerprint density at radius 1 is 2.00 bits per heavy atom. The van der Waals surface area contributed by atoms with Crippen LogP contribution in [-0.4, -0.2) is 12.2 Å². The second-order valence-corrected chi connectivity index (χ2v) is 1.67. The van der Waals surface area contributed by atoms with Crippen LogP contribution in [0, 0.1) is 17.2 Å². The van der Waals surface area contributed by atoms with Gasteiger partial charge in [-0.15, -0.1) is 0 Å². The van der Waals surface area contributed by atoms with Gasteiger partial charge in [0.1, 0.15) is 0 Å². The van der Waals surface area contributed by atoms with Crippen LogP contribution in [0.1, 0.15) is 6.92 Å². The molecule has 1 unspecified atom stereocenters. The molecule has 0 aliphatic rings. The Bertz CT molecular complexity index is 181. The number of nitrogens with two attached hydrogens (primary N) is 1. The van der Waals surface area contributed by atoms with Crippen molar-refractivity contribution in [3.63, 3.8) is 0 Å². The van der Waals surface area contributed by atoms with E-state index in [-0.39, 0.29) is 5.92 Å². The fraction of sp³-hybridized carbons (Fsp3) is 0.400. The third-order valence-corrected chi connectivity index (χ3v) is 0.677. The van der Waals surface area contributed by atoms with Crippen molar-refractivity contribution < 1.29 is 4.79 Å². The summed E-state index contributed by atoms with van der Waals surface area (Å²) in [5.74, 6) is -0.313. The highest BCUT2D eigenvalue weighted by molar-refractivity contribution is 5.73. The number of nitriles is 1. The largest absolute Gasteiger partial charge is 0.350 e. The number of primary amides is 1. The van der Waals surface area contributed by atoms with Crippen molar-refractivity contribution in [1.82, 2.24) is 5.43 Å². The monoisotopic (exact) mass is 140 g/mol. The normalized spacial score (nSPS) is 12.4. The van der Waals surface area contributed by atoms with Crippen LogP contribution in [0.2, 0.25) is 0 Å². The first-order chi connectivity index (χ1) is 4.66. The molecule has 0 aliphatic carbocycles. The molecule has 0 aromatic carbocycles. The zero-order chi connectivity index (χ0) is 7.98. The van der Waals surface area contributed by atoms with Crippen LogP contribution in [-0.2, 0) is 0 Å². The molecule has 0 spiro atoms. The Morgan fingerprint density at radius 3 is 3.00 bits per heavy atom. The van der Waals surface area contributed by atoms with E-state index in [1.54, 1.807) is 6.92 Å². The zero-order valence-corrected chi connectivity index (χ0v) is 5.53. The maximum atomic E-state index is 9.98. The van der Waals surface area contributed by atoms with Crippen LogP contribution >= 0.6 is 0 Å². The number of amides is 2. The molecular weight excluding hydrogens is 132 g/mol. The van der Waals surface area contributed by atoms with Gasteiger partial charge in [0, 0.05) is 6.21 Å². The molecule has 0 saturated carbocycles. The standard InChI is InChI=1S/C5H8N4O/c1-4(2-6)3-8-9-5(7)10/h3-4H,1H3,(H3,7,9,10). The van der Waals surface area contributed by atoms with Gasteiger partial charge in [-0.2, -0.15) is 10.4 Å².